The molecule has 0 aromatic heterocycles. The van der Waals surface area contributed by atoms with Gasteiger partial charge in [0.2, 0.25) is 0 Å². The van der Waals surface area contributed by atoms with Gasteiger partial charge in [-0.05, 0) is 25.8 Å². The van der Waals surface area contributed by atoms with Gasteiger partial charge in [-0.25, -0.2) is 4.39 Å². The van der Waals surface area contributed by atoms with Crippen molar-refractivity contribution in [3.8, 4) is 0 Å². The average Bonchev–Trinajstić information content (AvgIpc) is 2.82. The number of alkyl halides is 2. The van der Waals surface area contributed by atoms with Crippen LogP contribution in [0, 0.1) is 5.82 Å². The summed E-state index contributed by atoms with van der Waals surface area (Å²) < 4.78 is 47.4. The number of benzene rings is 1. The SMILES string of the molecule is C[C@@H](N)c1cccc(C(F)(F)C2CCCO2)c1F. The molecule has 2 N–H and O–H groups in total. The number of hydrogen-bond donors (Lipinski definition) is 1. The highest BCUT2D eigenvalue weighted by Gasteiger charge is 2.46. The first-order chi connectivity index (χ1) is 8.44. The lowest BCUT2D eigenvalue weighted by Crippen LogP contribution is -2.31. The summed E-state index contributed by atoms with van der Waals surface area (Å²) in [6, 6.07) is 3.31. The Hall–Kier alpha value is -1.07. The summed E-state index contributed by atoms with van der Waals surface area (Å²) in [6.45, 7) is 1.86. The minimum Gasteiger partial charge on any atom is -0.372 e. The second-order valence-corrected chi connectivity index (χ2v) is 4.62. The zero-order valence-electron chi connectivity index (χ0n) is 10.1. The molecule has 2 nitrogen and oxygen atoms in total. The maximum absolute atomic E-state index is 14.2. The van der Waals surface area contributed by atoms with E-state index in [1.165, 1.54) is 12.1 Å². The van der Waals surface area contributed by atoms with Gasteiger partial charge in [0.05, 0.1) is 5.56 Å². The van der Waals surface area contributed by atoms with Crippen LogP contribution >= 0.6 is 0 Å². The van der Waals surface area contributed by atoms with Crippen molar-refractivity contribution in [2.45, 2.75) is 37.8 Å². The van der Waals surface area contributed by atoms with E-state index in [1.54, 1.807) is 6.92 Å². The van der Waals surface area contributed by atoms with Gasteiger partial charge >= 0.3 is 5.92 Å². The van der Waals surface area contributed by atoms with Gasteiger partial charge in [0, 0.05) is 18.2 Å². The smallest absolute Gasteiger partial charge is 0.301 e. The van der Waals surface area contributed by atoms with Crippen LogP contribution < -0.4 is 5.73 Å². The molecule has 1 saturated heterocycles. The fourth-order valence-corrected chi connectivity index (χ4v) is 2.20. The topological polar surface area (TPSA) is 35.2 Å². The highest BCUT2D eigenvalue weighted by molar-refractivity contribution is 5.31. The Morgan fingerprint density at radius 1 is 1.44 bits per heavy atom. The Morgan fingerprint density at radius 3 is 2.72 bits per heavy atom. The summed E-state index contributed by atoms with van der Waals surface area (Å²) in [4.78, 5) is 0. The molecule has 5 heteroatoms. The number of halogens is 3. The number of hydrogen-bond acceptors (Lipinski definition) is 2. The molecule has 1 aliphatic heterocycles. The van der Waals surface area contributed by atoms with E-state index in [4.69, 9.17) is 10.5 Å². The molecule has 0 spiro atoms. The van der Waals surface area contributed by atoms with Gasteiger partial charge in [-0.2, -0.15) is 8.78 Å². The summed E-state index contributed by atoms with van der Waals surface area (Å²) >= 11 is 0. The van der Waals surface area contributed by atoms with Gasteiger partial charge in [-0.15, -0.1) is 0 Å². The van der Waals surface area contributed by atoms with E-state index in [9.17, 15) is 13.2 Å². The largest absolute Gasteiger partial charge is 0.372 e. The molecule has 1 aliphatic rings. The van der Waals surface area contributed by atoms with Crippen molar-refractivity contribution in [1.29, 1.82) is 0 Å². The molecule has 1 heterocycles. The van der Waals surface area contributed by atoms with Gasteiger partial charge in [-0.3, -0.25) is 0 Å². The minimum atomic E-state index is -3.31. The van der Waals surface area contributed by atoms with Crippen molar-refractivity contribution in [3.63, 3.8) is 0 Å². The molecule has 1 aromatic rings. The van der Waals surface area contributed by atoms with Crippen molar-refractivity contribution in [3.05, 3.63) is 35.1 Å². The second kappa shape index (κ2) is 4.90. The summed E-state index contributed by atoms with van der Waals surface area (Å²) in [5, 5.41) is 0. The highest BCUT2D eigenvalue weighted by Crippen LogP contribution is 2.40. The van der Waals surface area contributed by atoms with Gasteiger partial charge in [-0.1, -0.05) is 12.1 Å². The molecule has 0 aliphatic carbocycles. The van der Waals surface area contributed by atoms with Gasteiger partial charge in [0.15, 0.2) is 0 Å². The van der Waals surface area contributed by atoms with Crippen LogP contribution in [0.2, 0.25) is 0 Å². The standard InChI is InChI=1S/C13H16F3NO/c1-8(17)9-4-2-5-10(12(9)14)13(15,16)11-6-3-7-18-11/h2,4-5,8,11H,3,6-7,17H2,1H3/t8-,11?/m1/s1. The lowest BCUT2D eigenvalue weighted by molar-refractivity contribution is -0.124. The predicted octanol–water partition coefficient (Wildman–Crippen LogP) is 3.12. The fourth-order valence-electron chi connectivity index (χ4n) is 2.20. The molecule has 1 fully saturated rings. The monoisotopic (exact) mass is 259 g/mol. The van der Waals surface area contributed by atoms with Crippen molar-refractivity contribution < 1.29 is 17.9 Å². The van der Waals surface area contributed by atoms with Crippen molar-refractivity contribution >= 4 is 0 Å². The van der Waals surface area contributed by atoms with E-state index in [-0.39, 0.29) is 12.0 Å². The first-order valence-electron chi connectivity index (χ1n) is 5.98. The van der Waals surface area contributed by atoms with Crippen LogP contribution in [0.15, 0.2) is 18.2 Å². The summed E-state index contributed by atoms with van der Waals surface area (Å²) in [6.07, 6.45) is -0.417. The minimum absolute atomic E-state index is 0.102. The van der Waals surface area contributed by atoms with Crippen molar-refractivity contribution in [2.75, 3.05) is 6.61 Å². The molecule has 100 valence electrons. The maximum atomic E-state index is 14.2. The Bertz CT molecular complexity index is 428. The molecule has 18 heavy (non-hydrogen) atoms. The molecular weight excluding hydrogens is 243 g/mol. The van der Waals surface area contributed by atoms with Crippen molar-refractivity contribution in [1.82, 2.24) is 0 Å². The first kappa shape index (κ1) is 13.4. The van der Waals surface area contributed by atoms with E-state index in [0.29, 0.717) is 13.0 Å². The number of ether oxygens (including phenoxy) is 1. The number of rotatable bonds is 3. The molecule has 1 unspecified atom stereocenters. The van der Waals surface area contributed by atoms with E-state index < -0.39 is 29.4 Å². The van der Waals surface area contributed by atoms with Gasteiger partial charge in [0.1, 0.15) is 11.9 Å². The zero-order valence-corrected chi connectivity index (χ0v) is 10.1. The number of nitrogens with two attached hydrogens (primary N) is 1. The van der Waals surface area contributed by atoms with Crippen LogP contribution in [0.25, 0.3) is 0 Å². The molecule has 2 rings (SSSR count). The molecule has 0 saturated carbocycles. The van der Waals surface area contributed by atoms with E-state index in [1.807, 2.05) is 0 Å². The Morgan fingerprint density at radius 2 is 2.17 bits per heavy atom. The van der Waals surface area contributed by atoms with E-state index in [2.05, 4.69) is 0 Å². The van der Waals surface area contributed by atoms with Crippen LogP contribution in [0.3, 0.4) is 0 Å². The third kappa shape index (κ3) is 2.24. The normalized spacial score (nSPS) is 22.2. The fraction of sp³-hybridized carbons (Fsp3) is 0.538. The summed E-state index contributed by atoms with van der Waals surface area (Å²) in [7, 11) is 0. The van der Waals surface area contributed by atoms with Crippen LogP contribution in [0.5, 0.6) is 0 Å². The lowest BCUT2D eigenvalue weighted by Gasteiger charge is -2.24. The van der Waals surface area contributed by atoms with Gasteiger partial charge < -0.3 is 10.5 Å². The third-order valence-corrected chi connectivity index (χ3v) is 3.21. The Kier molecular flexibility index (Phi) is 3.64. The van der Waals surface area contributed by atoms with Crippen LogP contribution in [0.4, 0.5) is 13.2 Å². The molecule has 0 amide bonds. The molecular formula is C13H16F3NO. The van der Waals surface area contributed by atoms with Crippen molar-refractivity contribution in [2.24, 2.45) is 5.73 Å². The van der Waals surface area contributed by atoms with E-state index in [0.717, 1.165) is 6.07 Å². The van der Waals surface area contributed by atoms with Crippen LogP contribution in [-0.2, 0) is 10.7 Å². The third-order valence-electron chi connectivity index (χ3n) is 3.21. The molecule has 1 aromatic carbocycles. The first-order valence-corrected chi connectivity index (χ1v) is 5.98. The molecule has 2 atom stereocenters. The summed E-state index contributed by atoms with van der Waals surface area (Å²) in [5.41, 5.74) is 5.04. The molecule has 0 radical (unpaired) electrons. The second-order valence-electron chi connectivity index (χ2n) is 4.62. The Balaban J connectivity index is 2.40. The zero-order chi connectivity index (χ0) is 13.3. The summed E-state index contributed by atoms with van der Waals surface area (Å²) in [5.74, 6) is -4.24. The van der Waals surface area contributed by atoms with E-state index >= 15 is 0 Å². The maximum Gasteiger partial charge on any atom is 0.301 e. The molecule has 0 bridgehead atoms. The van der Waals surface area contributed by atoms with Crippen LogP contribution in [-0.4, -0.2) is 12.7 Å². The average molecular weight is 259 g/mol. The quantitative estimate of drug-likeness (QED) is 0.905. The predicted molar refractivity (Wildman–Crippen MR) is 61.9 cm³/mol. The lowest BCUT2D eigenvalue weighted by atomic mass is 9.96. The highest BCUT2D eigenvalue weighted by atomic mass is 19.3. The Labute approximate surface area is 104 Å². The van der Waals surface area contributed by atoms with Gasteiger partial charge in [0.25, 0.3) is 0 Å². The van der Waals surface area contributed by atoms with Crippen LogP contribution in [0.1, 0.15) is 36.9 Å².